The monoisotopic (exact) mass is 489 g/mol. The summed E-state index contributed by atoms with van der Waals surface area (Å²) in [7, 11) is 0. The van der Waals surface area contributed by atoms with Crippen LogP contribution in [0.25, 0.3) is 0 Å². The molecule has 0 aromatic heterocycles. The number of rotatable bonds is 12. The van der Waals surface area contributed by atoms with Gasteiger partial charge in [-0.15, -0.1) is 0 Å². The third-order valence-corrected chi connectivity index (χ3v) is 7.39. The maximum absolute atomic E-state index is 15.5. The molecule has 0 saturated heterocycles. The Morgan fingerprint density at radius 3 is 2.53 bits per heavy atom. The average molecular weight is 490 g/mol. The minimum absolute atomic E-state index is 0.0252. The summed E-state index contributed by atoms with van der Waals surface area (Å²) >= 11 is 11.9. The normalized spacial score (nSPS) is 30.7. The lowest BCUT2D eigenvalue weighted by atomic mass is 9.88. The van der Waals surface area contributed by atoms with Crippen LogP contribution < -0.4 is 5.73 Å². The molecule has 2 aliphatic carbocycles. The van der Waals surface area contributed by atoms with E-state index < -0.39 is 41.1 Å². The molecule has 2 fully saturated rings. The maximum atomic E-state index is 15.5. The van der Waals surface area contributed by atoms with Crippen LogP contribution in [0.3, 0.4) is 0 Å². The van der Waals surface area contributed by atoms with Gasteiger partial charge in [0.2, 0.25) is 5.67 Å². The lowest BCUT2D eigenvalue weighted by Crippen LogP contribution is -2.60. The van der Waals surface area contributed by atoms with Gasteiger partial charge in [0.15, 0.2) is 0 Å². The van der Waals surface area contributed by atoms with E-state index in [9.17, 15) is 14.7 Å². The molecule has 5 atom stereocenters. The third-order valence-electron chi connectivity index (χ3n) is 6.65. The molecule has 3 N–H and O–H groups in total. The van der Waals surface area contributed by atoms with E-state index in [0.717, 1.165) is 25.7 Å². The number of nitrogens with two attached hydrogens (primary N) is 1. The lowest BCUT2D eigenvalue weighted by molar-refractivity contribution is -0.159. The fourth-order valence-electron chi connectivity index (χ4n) is 4.78. The van der Waals surface area contributed by atoms with Gasteiger partial charge in [-0.2, -0.15) is 0 Å². The number of carboxylic acids is 1. The predicted octanol–water partition coefficient (Wildman–Crippen LogP) is 4.92. The van der Waals surface area contributed by atoms with E-state index in [0.29, 0.717) is 22.0 Å². The Hall–Kier alpha value is -1.41. The number of carboxylic acid groups (broad SMARTS) is 1. The van der Waals surface area contributed by atoms with Crippen LogP contribution in [0.1, 0.15) is 57.4 Å². The Morgan fingerprint density at radius 1 is 1.19 bits per heavy atom. The molecule has 1 aromatic carbocycles. The summed E-state index contributed by atoms with van der Waals surface area (Å²) in [6.07, 6.45) is 5.11. The zero-order valence-electron chi connectivity index (χ0n) is 18.1. The number of esters is 1. The molecule has 3 rings (SSSR count). The van der Waals surface area contributed by atoms with Gasteiger partial charge in [-0.1, -0.05) is 68.3 Å². The van der Waals surface area contributed by atoms with Crippen molar-refractivity contribution in [1.82, 2.24) is 0 Å². The van der Waals surface area contributed by atoms with Crippen LogP contribution in [0.5, 0.6) is 0 Å². The zero-order chi connectivity index (χ0) is 23.5. The Bertz CT molecular complexity index is 856. The molecule has 2 aliphatic rings. The first-order chi connectivity index (χ1) is 15.2. The van der Waals surface area contributed by atoms with Crippen LogP contribution in [-0.4, -0.2) is 41.0 Å². The van der Waals surface area contributed by atoms with Gasteiger partial charge in [0.1, 0.15) is 5.54 Å². The average Bonchev–Trinajstić information content (AvgIpc) is 3.23. The first-order valence-corrected chi connectivity index (χ1v) is 11.9. The van der Waals surface area contributed by atoms with Crippen molar-refractivity contribution in [2.75, 3.05) is 6.61 Å². The molecule has 6 nitrogen and oxygen atoms in total. The minimum atomic E-state index is -2.38. The topological polar surface area (TPSA) is 98.9 Å². The highest BCUT2D eigenvalue weighted by atomic mass is 35.5. The highest BCUT2D eigenvalue weighted by molar-refractivity contribution is 6.42. The van der Waals surface area contributed by atoms with Crippen LogP contribution in [0.15, 0.2) is 18.2 Å². The van der Waals surface area contributed by atoms with Crippen LogP contribution in [0.4, 0.5) is 4.39 Å². The molecule has 0 amide bonds. The number of carbonyl (C=O) groups is 2. The van der Waals surface area contributed by atoms with Crippen molar-refractivity contribution in [2.45, 2.75) is 75.8 Å². The standard InChI is InChI=1S/C23H30Cl2FNO5/c1-2-3-4-5-6-7-10-31-21(30)22(26)15-12-18(23(27,19(15)22)20(28)29)32-13-14-8-9-16(24)17(25)11-14/h8-9,11,15,18-19H,2-7,10,12-13,27H2,1H3,(H,28,29)/t15-,18-,19+,22-,23+/m1/s1. The largest absolute Gasteiger partial charge is 0.480 e. The van der Waals surface area contributed by atoms with Crippen molar-refractivity contribution in [3.63, 3.8) is 0 Å². The number of carbonyl (C=O) groups excluding carboxylic acids is 1. The summed E-state index contributed by atoms with van der Waals surface area (Å²) in [5.41, 5.74) is 2.45. The molecule has 9 heteroatoms. The van der Waals surface area contributed by atoms with Crippen LogP contribution in [-0.2, 0) is 25.7 Å². The molecule has 0 spiro atoms. The van der Waals surface area contributed by atoms with E-state index >= 15 is 4.39 Å². The van der Waals surface area contributed by atoms with E-state index in [2.05, 4.69) is 6.92 Å². The number of hydrogen-bond donors (Lipinski definition) is 2. The van der Waals surface area contributed by atoms with E-state index in [1.807, 2.05) is 0 Å². The van der Waals surface area contributed by atoms with Gasteiger partial charge in [-0.05, 0) is 30.5 Å². The van der Waals surface area contributed by atoms with E-state index in [-0.39, 0.29) is 19.6 Å². The first kappa shape index (κ1) is 25.2. The fraction of sp³-hybridized carbons (Fsp3) is 0.652. The molecule has 0 bridgehead atoms. The number of fused-ring (bicyclic) bond motifs is 1. The summed E-state index contributed by atoms with van der Waals surface area (Å²) in [5, 5.41) is 10.5. The summed E-state index contributed by atoms with van der Waals surface area (Å²) in [5.74, 6) is -4.42. The van der Waals surface area contributed by atoms with E-state index in [1.54, 1.807) is 18.2 Å². The predicted molar refractivity (Wildman–Crippen MR) is 119 cm³/mol. The number of ether oxygens (including phenoxy) is 2. The molecule has 0 unspecified atom stereocenters. The van der Waals surface area contributed by atoms with Gasteiger partial charge < -0.3 is 20.3 Å². The lowest BCUT2D eigenvalue weighted by Gasteiger charge is -2.32. The van der Waals surface area contributed by atoms with Gasteiger partial charge in [0, 0.05) is 11.8 Å². The van der Waals surface area contributed by atoms with E-state index in [1.165, 1.54) is 6.42 Å². The number of alkyl halides is 1. The number of hydrogen-bond acceptors (Lipinski definition) is 5. The Morgan fingerprint density at radius 2 is 1.88 bits per heavy atom. The zero-order valence-corrected chi connectivity index (χ0v) is 19.6. The second kappa shape index (κ2) is 10.2. The number of halogens is 3. The number of aliphatic carboxylic acids is 1. The third kappa shape index (κ3) is 4.76. The van der Waals surface area contributed by atoms with Crippen molar-refractivity contribution < 1.29 is 28.6 Å². The quantitative estimate of drug-likeness (QED) is 0.319. The minimum Gasteiger partial charge on any atom is -0.480 e. The number of benzene rings is 1. The Kier molecular flexibility index (Phi) is 8.07. The molecule has 1 aromatic rings. The Balaban J connectivity index is 1.56. The maximum Gasteiger partial charge on any atom is 0.344 e. The highest BCUT2D eigenvalue weighted by Crippen LogP contribution is 2.67. The van der Waals surface area contributed by atoms with Crippen molar-refractivity contribution in [3.8, 4) is 0 Å². The molecule has 178 valence electrons. The molecular weight excluding hydrogens is 460 g/mol. The molecule has 0 heterocycles. The molecular formula is C23H30Cl2FNO5. The van der Waals surface area contributed by atoms with Crippen molar-refractivity contribution in [2.24, 2.45) is 17.6 Å². The van der Waals surface area contributed by atoms with Crippen molar-refractivity contribution >= 4 is 35.1 Å². The molecule has 2 saturated carbocycles. The Labute approximate surface area is 197 Å². The number of unbranched alkanes of at least 4 members (excludes halogenated alkanes) is 5. The van der Waals surface area contributed by atoms with Crippen LogP contribution in [0.2, 0.25) is 10.0 Å². The van der Waals surface area contributed by atoms with Crippen molar-refractivity contribution in [1.29, 1.82) is 0 Å². The molecule has 0 radical (unpaired) electrons. The van der Waals surface area contributed by atoms with Crippen molar-refractivity contribution in [3.05, 3.63) is 33.8 Å². The summed E-state index contributed by atoms with van der Waals surface area (Å²) in [6, 6.07) is 4.91. The summed E-state index contributed by atoms with van der Waals surface area (Å²) < 4.78 is 26.4. The van der Waals surface area contributed by atoms with E-state index in [4.69, 9.17) is 38.4 Å². The van der Waals surface area contributed by atoms with Gasteiger partial charge in [-0.3, -0.25) is 4.79 Å². The molecule has 0 aliphatic heterocycles. The smallest absolute Gasteiger partial charge is 0.344 e. The van der Waals surface area contributed by atoms with Gasteiger partial charge >= 0.3 is 11.9 Å². The second-order valence-electron chi connectivity index (χ2n) is 8.78. The first-order valence-electron chi connectivity index (χ1n) is 11.1. The fourth-order valence-corrected chi connectivity index (χ4v) is 5.10. The SMILES string of the molecule is CCCCCCCCOC(=O)[C@@]1(F)[C@@H]2C[C@@H](OCc3ccc(Cl)c(Cl)c3)[C@@](N)(C(=O)O)[C@@H]21. The second-order valence-corrected chi connectivity index (χ2v) is 9.59. The van der Waals surface area contributed by atoms with Crippen LogP contribution >= 0.6 is 23.2 Å². The van der Waals surface area contributed by atoms with Gasteiger partial charge in [0.25, 0.3) is 0 Å². The highest BCUT2D eigenvalue weighted by Gasteiger charge is 2.85. The summed E-state index contributed by atoms with van der Waals surface area (Å²) in [6.45, 7) is 2.29. The molecule has 32 heavy (non-hydrogen) atoms. The van der Waals surface area contributed by atoms with Crippen LogP contribution in [0, 0.1) is 11.8 Å². The van der Waals surface area contributed by atoms with Gasteiger partial charge in [-0.25, -0.2) is 9.18 Å². The summed E-state index contributed by atoms with van der Waals surface area (Å²) in [4.78, 5) is 24.4. The van der Waals surface area contributed by atoms with Gasteiger partial charge in [0.05, 0.1) is 29.4 Å².